The smallest absolute Gasteiger partial charge is 0.256 e. The van der Waals surface area contributed by atoms with Crippen LogP contribution in [0.25, 0.3) is 0 Å². The van der Waals surface area contributed by atoms with Gasteiger partial charge in [-0.1, -0.05) is 11.6 Å². The van der Waals surface area contributed by atoms with Crippen molar-refractivity contribution in [1.29, 1.82) is 0 Å². The first-order valence-corrected chi connectivity index (χ1v) is 8.90. The number of nitrogens with zero attached hydrogens (tertiary/aromatic N) is 3. The van der Waals surface area contributed by atoms with Crippen molar-refractivity contribution in [1.82, 2.24) is 9.80 Å². The molecule has 1 aliphatic rings. The zero-order valence-electron chi connectivity index (χ0n) is 14.9. The largest absolute Gasteiger partial charge is 0.342 e. The van der Waals surface area contributed by atoms with Crippen molar-refractivity contribution in [2.45, 2.75) is 26.7 Å². The minimum absolute atomic E-state index is 0.00345. The van der Waals surface area contributed by atoms with Gasteiger partial charge in [-0.25, -0.2) is 0 Å². The fraction of sp³-hybridized carbons (Fsp3) is 0.500. The van der Waals surface area contributed by atoms with E-state index in [4.69, 9.17) is 11.6 Å². The summed E-state index contributed by atoms with van der Waals surface area (Å²) in [6.45, 7) is 5.58. The van der Waals surface area contributed by atoms with Crippen LogP contribution in [-0.2, 0) is 9.59 Å². The second kappa shape index (κ2) is 8.34. The lowest BCUT2D eigenvalue weighted by Gasteiger charge is -2.25. The Kier molecular flexibility index (Phi) is 6.42. The van der Waals surface area contributed by atoms with E-state index in [9.17, 15) is 14.4 Å². The number of hydrogen-bond acceptors (Lipinski definition) is 3. The second-order valence-electron chi connectivity index (χ2n) is 6.04. The molecule has 25 heavy (non-hydrogen) atoms. The lowest BCUT2D eigenvalue weighted by molar-refractivity contribution is -0.131. The highest BCUT2D eigenvalue weighted by molar-refractivity contribution is 6.31. The Balaban J connectivity index is 2.24. The molecular weight excluding hydrogens is 342 g/mol. The van der Waals surface area contributed by atoms with Crippen molar-refractivity contribution in [3.63, 3.8) is 0 Å². The van der Waals surface area contributed by atoms with Gasteiger partial charge in [0.2, 0.25) is 11.8 Å². The lowest BCUT2D eigenvalue weighted by Crippen LogP contribution is -2.41. The summed E-state index contributed by atoms with van der Waals surface area (Å²) < 4.78 is 0. The Morgan fingerprint density at radius 2 is 1.92 bits per heavy atom. The summed E-state index contributed by atoms with van der Waals surface area (Å²) in [7, 11) is 1.59. The highest BCUT2D eigenvalue weighted by Gasteiger charge is 2.28. The van der Waals surface area contributed by atoms with Gasteiger partial charge >= 0.3 is 0 Å². The average Bonchev–Trinajstić information content (AvgIpc) is 3.01. The summed E-state index contributed by atoms with van der Waals surface area (Å²) in [6.07, 6.45) is 1.23. The van der Waals surface area contributed by atoms with E-state index in [1.807, 2.05) is 13.8 Å². The SMILES string of the molecule is CCN(CC)C(=O)CN(C)C(=O)c1ccc(Cl)cc1N1CCCC1=O. The van der Waals surface area contributed by atoms with Crippen LogP contribution in [0.4, 0.5) is 5.69 Å². The number of carbonyl (C=O) groups excluding carboxylic acids is 3. The number of amides is 3. The maximum absolute atomic E-state index is 12.8. The first-order valence-electron chi connectivity index (χ1n) is 8.52. The van der Waals surface area contributed by atoms with Crippen molar-refractivity contribution in [2.24, 2.45) is 0 Å². The van der Waals surface area contributed by atoms with Gasteiger partial charge in [0.25, 0.3) is 5.91 Å². The third kappa shape index (κ3) is 4.31. The van der Waals surface area contributed by atoms with Gasteiger partial charge in [-0.2, -0.15) is 0 Å². The number of likely N-dealkylation sites (N-methyl/N-ethyl adjacent to an activating group) is 2. The van der Waals surface area contributed by atoms with E-state index >= 15 is 0 Å². The first kappa shape index (κ1) is 19.2. The van der Waals surface area contributed by atoms with Gasteiger partial charge in [-0.05, 0) is 38.5 Å². The molecule has 0 aromatic heterocycles. The minimum atomic E-state index is -0.299. The zero-order chi connectivity index (χ0) is 18.6. The molecular formula is C18H24ClN3O3. The third-order valence-electron chi connectivity index (χ3n) is 4.39. The van der Waals surface area contributed by atoms with Crippen molar-refractivity contribution in [2.75, 3.05) is 38.1 Å². The van der Waals surface area contributed by atoms with Crippen LogP contribution in [0.3, 0.4) is 0 Å². The maximum atomic E-state index is 12.8. The molecule has 1 saturated heterocycles. The third-order valence-corrected chi connectivity index (χ3v) is 4.62. The maximum Gasteiger partial charge on any atom is 0.256 e. The Hall–Kier alpha value is -2.08. The van der Waals surface area contributed by atoms with E-state index in [0.717, 1.165) is 6.42 Å². The average molecular weight is 366 g/mol. The molecule has 0 aliphatic carbocycles. The quantitative estimate of drug-likeness (QED) is 0.777. The monoisotopic (exact) mass is 365 g/mol. The van der Waals surface area contributed by atoms with Gasteiger partial charge in [-0.15, -0.1) is 0 Å². The molecule has 0 N–H and O–H groups in total. The standard InChI is InChI=1S/C18H24ClN3O3/c1-4-21(5-2)17(24)12-20(3)18(25)14-9-8-13(19)11-15(14)22-10-6-7-16(22)23/h8-9,11H,4-7,10,12H2,1-3H3. The Morgan fingerprint density at radius 1 is 1.24 bits per heavy atom. The molecule has 0 bridgehead atoms. The fourth-order valence-electron chi connectivity index (χ4n) is 2.97. The van der Waals surface area contributed by atoms with Crippen LogP contribution >= 0.6 is 11.6 Å². The van der Waals surface area contributed by atoms with Crippen molar-refractivity contribution in [3.8, 4) is 0 Å². The number of halogens is 1. The molecule has 1 heterocycles. The van der Waals surface area contributed by atoms with Crippen molar-refractivity contribution >= 4 is 35.0 Å². The molecule has 0 radical (unpaired) electrons. The van der Waals surface area contributed by atoms with E-state index in [1.54, 1.807) is 35.0 Å². The molecule has 7 heteroatoms. The molecule has 1 aliphatic heterocycles. The minimum Gasteiger partial charge on any atom is -0.342 e. The van der Waals surface area contributed by atoms with Crippen LogP contribution in [0, 0.1) is 0 Å². The molecule has 2 rings (SSSR count). The van der Waals surface area contributed by atoms with Crippen molar-refractivity contribution < 1.29 is 14.4 Å². The molecule has 0 spiro atoms. The van der Waals surface area contributed by atoms with E-state index in [0.29, 0.717) is 42.3 Å². The zero-order valence-corrected chi connectivity index (χ0v) is 15.7. The van der Waals surface area contributed by atoms with Gasteiger partial charge in [0, 0.05) is 38.1 Å². The predicted octanol–water partition coefficient (Wildman–Crippen LogP) is 2.41. The summed E-state index contributed by atoms with van der Waals surface area (Å²) >= 11 is 6.07. The molecule has 0 atom stereocenters. The van der Waals surface area contributed by atoms with E-state index in [2.05, 4.69) is 0 Å². The number of hydrogen-bond donors (Lipinski definition) is 0. The summed E-state index contributed by atoms with van der Waals surface area (Å²) in [5.41, 5.74) is 0.900. The Bertz CT molecular complexity index is 674. The molecule has 1 aromatic carbocycles. The van der Waals surface area contributed by atoms with Crippen LogP contribution < -0.4 is 4.90 Å². The number of carbonyl (C=O) groups is 3. The number of anilines is 1. The predicted molar refractivity (Wildman–Crippen MR) is 97.9 cm³/mol. The molecule has 1 fully saturated rings. The summed E-state index contributed by atoms with van der Waals surface area (Å²) in [5, 5.41) is 0.466. The Labute approximate surface area is 153 Å². The van der Waals surface area contributed by atoms with Crippen LogP contribution in [0.1, 0.15) is 37.0 Å². The summed E-state index contributed by atoms with van der Waals surface area (Å²) in [4.78, 5) is 41.8. The van der Waals surface area contributed by atoms with Gasteiger partial charge in [0.15, 0.2) is 0 Å². The van der Waals surface area contributed by atoms with Crippen LogP contribution in [0.2, 0.25) is 5.02 Å². The Morgan fingerprint density at radius 3 is 2.48 bits per heavy atom. The molecule has 3 amide bonds. The van der Waals surface area contributed by atoms with Gasteiger partial charge < -0.3 is 14.7 Å². The number of benzene rings is 1. The van der Waals surface area contributed by atoms with E-state index < -0.39 is 0 Å². The molecule has 6 nitrogen and oxygen atoms in total. The van der Waals surface area contributed by atoms with Crippen molar-refractivity contribution in [3.05, 3.63) is 28.8 Å². The molecule has 0 unspecified atom stereocenters. The molecule has 0 saturated carbocycles. The fourth-order valence-corrected chi connectivity index (χ4v) is 3.13. The van der Waals surface area contributed by atoms with Crippen LogP contribution in [-0.4, -0.2) is 60.7 Å². The lowest BCUT2D eigenvalue weighted by atomic mass is 10.1. The van der Waals surface area contributed by atoms with E-state index in [-0.39, 0.29) is 24.3 Å². The summed E-state index contributed by atoms with van der Waals surface area (Å²) in [6, 6.07) is 4.88. The van der Waals surface area contributed by atoms with Gasteiger partial charge in [-0.3, -0.25) is 14.4 Å². The van der Waals surface area contributed by atoms with Gasteiger partial charge in [0.1, 0.15) is 0 Å². The van der Waals surface area contributed by atoms with Crippen LogP contribution in [0.15, 0.2) is 18.2 Å². The van der Waals surface area contributed by atoms with Crippen LogP contribution in [0.5, 0.6) is 0 Å². The topological polar surface area (TPSA) is 60.9 Å². The second-order valence-corrected chi connectivity index (χ2v) is 6.47. The van der Waals surface area contributed by atoms with Gasteiger partial charge in [0.05, 0.1) is 17.8 Å². The van der Waals surface area contributed by atoms with E-state index in [1.165, 1.54) is 4.90 Å². The summed E-state index contributed by atoms with van der Waals surface area (Å²) in [5.74, 6) is -0.418. The normalized spacial score (nSPS) is 13.9. The highest BCUT2D eigenvalue weighted by Crippen LogP contribution is 2.29. The molecule has 1 aromatic rings. The first-order chi connectivity index (χ1) is 11.9. The molecule has 136 valence electrons. The number of rotatable bonds is 6. The highest BCUT2D eigenvalue weighted by atomic mass is 35.5.